The van der Waals surface area contributed by atoms with Gasteiger partial charge in [-0.1, -0.05) is 30.0 Å². The third-order valence-corrected chi connectivity index (χ3v) is 8.88. The van der Waals surface area contributed by atoms with Crippen molar-refractivity contribution in [2.45, 2.75) is 55.3 Å². The molecule has 2 aromatic heterocycles. The van der Waals surface area contributed by atoms with Crippen molar-refractivity contribution in [3.8, 4) is 0 Å². The quantitative estimate of drug-likeness (QED) is 0.424. The van der Waals surface area contributed by atoms with Gasteiger partial charge in [-0.2, -0.15) is 0 Å². The number of nitrogens with one attached hydrogen (secondary N) is 1. The monoisotopic (exact) mass is 507 g/mol. The van der Waals surface area contributed by atoms with Gasteiger partial charge in [0.05, 0.1) is 15.7 Å². The summed E-state index contributed by atoms with van der Waals surface area (Å²) in [5, 5.41) is 11.2. The van der Waals surface area contributed by atoms with Crippen LogP contribution in [0, 0.1) is 13.8 Å². The van der Waals surface area contributed by atoms with E-state index >= 15 is 0 Å². The van der Waals surface area contributed by atoms with Crippen molar-refractivity contribution in [1.29, 1.82) is 0 Å². The number of thiophene rings is 1. The molecule has 1 aromatic carbocycles. The van der Waals surface area contributed by atoms with Gasteiger partial charge in [0.1, 0.15) is 16.6 Å². The molecule has 12 heteroatoms. The molecule has 0 aliphatic carbocycles. The lowest BCUT2D eigenvalue weighted by Crippen LogP contribution is -2.24. The van der Waals surface area contributed by atoms with Crippen LogP contribution >= 0.6 is 23.1 Å². The Kier molecular flexibility index (Phi) is 7.60. The fourth-order valence-electron chi connectivity index (χ4n) is 3.15. The lowest BCUT2D eigenvalue weighted by Gasteiger charge is -2.13. The van der Waals surface area contributed by atoms with Gasteiger partial charge < -0.3 is 15.6 Å². The van der Waals surface area contributed by atoms with Gasteiger partial charge in [-0.25, -0.2) is 8.42 Å². The van der Waals surface area contributed by atoms with E-state index in [0.717, 1.165) is 22.2 Å². The van der Waals surface area contributed by atoms with Crippen LogP contribution in [-0.2, 0) is 26.9 Å². The molecule has 9 nitrogen and oxygen atoms in total. The van der Waals surface area contributed by atoms with Gasteiger partial charge in [0.25, 0.3) is 5.91 Å². The summed E-state index contributed by atoms with van der Waals surface area (Å²) in [5.74, 6) is -0.915. The molecular formula is C21H25N5O4S3. The van der Waals surface area contributed by atoms with Crippen molar-refractivity contribution in [3.63, 3.8) is 0 Å². The first-order valence-electron chi connectivity index (χ1n) is 10.1. The van der Waals surface area contributed by atoms with Gasteiger partial charge in [-0.05, 0) is 45.4 Å². The number of aryl methyl sites for hydroxylation is 1. The Hall–Kier alpha value is -2.70. The number of hydrogen-bond donors (Lipinski definition) is 2. The highest BCUT2D eigenvalue weighted by atomic mass is 32.2. The third kappa shape index (κ3) is 5.45. The average molecular weight is 508 g/mol. The number of carbonyl (C=O) groups is 2. The van der Waals surface area contributed by atoms with Crippen molar-refractivity contribution in [3.05, 3.63) is 52.2 Å². The van der Waals surface area contributed by atoms with E-state index in [2.05, 4.69) is 15.5 Å². The Morgan fingerprint density at radius 3 is 2.48 bits per heavy atom. The summed E-state index contributed by atoms with van der Waals surface area (Å²) in [6.07, 6.45) is 0. The SMILES string of the molecule is CCn1c(CS(=O)(=O)c2ccccc2)nnc1SC(C)C(=O)Nc1sc(C)c(C)c1C(N)=O. The zero-order valence-corrected chi connectivity index (χ0v) is 21.1. The van der Waals surface area contributed by atoms with Crippen molar-refractivity contribution < 1.29 is 18.0 Å². The topological polar surface area (TPSA) is 137 Å². The van der Waals surface area contributed by atoms with E-state index in [9.17, 15) is 18.0 Å². The molecule has 2 amide bonds. The second-order valence-electron chi connectivity index (χ2n) is 7.32. The average Bonchev–Trinajstić information content (AvgIpc) is 3.27. The van der Waals surface area contributed by atoms with E-state index in [1.807, 2.05) is 13.8 Å². The number of carbonyl (C=O) groups excluding carboxylic acids is 2. The zero-order valence-electron chi connectivity index (χ0n) is 18.7. The highest BCUT2D eigenvalue weighted by molar-refractivity contribution is 8.00. The van der Waals surface area contributed by atoms with E-state index in [-0.39, 0.29) is 16.6 Å². The molecule has 3 rings (SSSR count). The minimum absolute atomic E-state index is 0.212. The molecule has 0 fully saturated rings. The normalized spacial score (nSPS) is 12.5. The van der Waals surface area contributed by atoms with Crippen LogP contribution in [0.25, 0.3) is 0 Å². The second kappa shape index (κ2) is 10.1. The molecule has 33 heavy (non-hydrogen) atoms. The Labute approximate surface area is 200 Å². The largest absolute Gasteiger partial charge is 0.365 e. The molecule has 1 atom stereocenters. The van der Waals surface area contributed by atoms with Gasteiger partial charge in [0.2, 0.25) is 5.91 Å². The van der Waals surface area contributed by atoms with Crippen LogP contribution in [0.3, 0.4) is 0 Å². The minimum Gasteiger partial charge on any atom is -0.365 e. The van der Waals surface area contributed by atoms with Crippen LogP contribution in [0.2, 0.25) is 0 Å². The number of thioether (sulfide) groups is 1. The lowest BCUT2D eigenvalue weighted by atomic mass is 10.1. The van der Waals surface area contributed by atoms with Crippen LogP contribution in [0.4, 0.5) is 5.00 Å². The fourth-order valence-corrected chi connectivity index (χ4v) is 6.44. The molecule has 0 aliphatic heterocycles. The van der Waals surface area contributed by atoms with Crippen LogP contribution < -0.4 is 11.1 Å². The van der Waals surface area contributed by atoms with E-state index < -0.39 is 21.0 Å². The summed E-state index contributed by atoms with van der Waals surface area (Å²) < 4.78 is 27.2. The van der Waals surface area contributed by atoms with Crippen molar-refractivity contribution in [1.82, 2.24) is 14.8 Å². The highest BCUT2D eigenvalue weighted by Gasteiger charge is 2.25. The maximum absolute atomic E-state index is 12.8. The number of hydrogen-bond acceptors (Lipinski definition) is 8. The Morgan fingerprint density at radius 2 is 1.88 bits per heavy atom. The maximum atomic E-state index is 12.8. The highest BCUT2D eigenvalue weighted by Crippen LogP contribution is 2.33. The number of amides is 2. The van der Waals surface area contributed by atoms with Gasteiger partial charge in [0.15, 0.2) is 15.0 Å². The molecule has 2 heterocycles. The first kappa shape index (κ1) is 24.9. The predicted octanol–water partition coefficient (Wildman–Crippen LogP) is 3.17. The molecule has 0 saturated heterocycles. The van der Waals surface area contributed by atoms with Crippen LogP contribution in [0.5, 0.6) is 0 Å². The smallest absolute Gasteiger partial charge is 0.251 e. The molecule has 1 unspecified atom stereocenters. The molecule has 0 saturated carbocycles. The number of benzene rings is 1. The molecule has 0 radical (unpaired) electrons. The Balaban J connectivity index is 1.76. The summed E-state index contributed by atoms with van der Waals surface area (Å²) in [5.41, 5.74) is 6.54. The summed E-state index contributed by atoms with van der Waals surface area (Å²) in [7, 11) is -3.59. The summed E-state index contributed by atoms with van der Waals surface area (Å²) >= 11 is 2.46. The first-order valence-corrected chi connectivity index (χ1v) is 13.5. The Bertz CT molecular complexity index is 1280. The van der Waals surface area contributed by atoms with E-state index in [4.69, 9.17) is 5.73 Å². The summed E-state index contributed by atoms with van der Waals surface area (Å²) in [6, 6.07) is 8.16. The molecule has 0 spiro atoms. The summed E-state index contributed by atoms with van der Waals surface area (Å²) in [4.78, 5) is 25.7. The number of nitrogens with zero attached hydrogens (tertiary/aromatic N) is 3. The van der Waals surface area contributed by atoms with Gasteiger partial charge in [-0.15, -0.1) is 21.5 Å². The van der Waals surface area contributed by atoms with E-state index in [0.29, 0.717) is 28.1 Å². The van der Waals surface area contributed by atoms with Crippen molar-refractivity contribution in [2.75, 3.05) is 5.32 Å². The Morgan fingerprint density at radius 1 is 1.21 bits per heavy atom. The van der Waals surface area contributed by atoms with Crippen molar-refractivity contribution in [2.24, 2.45) is 5.73 Å². The number of aromatic nitrogens is 3. The minimum atomic E-state index is -3.59. The van der Waals surface area contributed by atoms with Crippen LogP contribution in [-0.4, -0.2) is 40.2 Å². The molecule has 176 valence electrons. The summed E-state index contributed by atoms with van der Waals surface area (Å²) in [6.45, 7) is 7.64. The van der Waals surface area contributed by atoms with Crippen LogP contribution in [0.15, 0.2) is 40.4 Å². The van der Waals surface area contributed by atoms with E-state index in [1.165, 1.54) is 11.3 Å². The fraction of sp³-hybridized carbons (Fsp3) is 0.333. The van der Waals surface area contributed by atoms with Gasteiger partial charge in [-0.3, -0.25) is 9.59 Å². The second-order valence-corrected chi connectivity index (χ2v) is 11.8. The first-order chi connectivity index (χ1) is 15.5. The molecular weight excluding hydrogens is 482 g/mol. The van der Waals surface area contributed by atoms with Crippen molar-refractivity contribution >= 4 is 49.8 Å². The molecule has 3 N–H and O–H groups in total. The number of sulfone groups is 1. The zero-order chi connectivity index (χ0) is 24.3. The number of rotatable bonds is 9. The van der Waals surface area contributed by atoms with Gasteiger partial charge in [0, 0.05) is 11.4 Å². The number of anilines is 1. The maximum Gasteiger partial charge on any atom is 0.251 e. The number of primary amides is 1. The van der Waals surface area contributed by atoms with E-state index in [1.54, 1.807) is 48.7 Å². The third-order valence-electron chi connectivity index (χ3n) is 5.05. The predicted molar refractivity (Wildman–Crippen MR) is 129 cm³/mol. The van der Waals surface area contributed by atoms with Gasteiger partial charge >= 0.3 is 0 Å². The number of nitrogens with two attached hydrogens (primary N) is 1. The standard InChI is InChI=1S/C21H25N5O4S3/c1-5-26-16(11-33(29,30)15-9-7-6-8-10-15)24-25-21(26)32-14(4)19(28)23-20-17(18(22)27)12(2)13(3)31-20/h6-10,14H,5,11H2,1-4H3,(H2,22,27)(H,23,28). The molecule has 0 bridgehead atoms. The van der Waals surface area contributed by atoms with Crippen LogP contribution in [0.1, 0.15) is 40.5 Å². The lowest BCUT2D eigenvalue weighted by molar-refractivity contribution is -0.115. The molecule has 0 aliphatic rings. The molecule has 3 aromatic rings.